The number of nitrogens with one attached hydrogen (secondary N) is 3. The molecule has 0 aliphatic heterocycles. The van der Waals surface area contributed by atoms with Crippen LogP contribution in [0, 0.1) is 0 Å². The molecule has 0 heterocycles. The lowest BCUT2D eigenvalue weighted by molar-refractivity contribution is -0.115. The maximum atomic E-state index is 12.2. The van der Waals surface area contributed by atoms with E-state index in [1.165, 1.54) is 32.1 Å². The van der Waals surface area contributed by atoms with E-state index < -0.39 is 0 Å². The third-order valence-electron chi connectivity index (χ3n) is 4.98. The smallest absolute Gasteiger partial charge is 0.251 e. The van der Waals surface area contributed by atoms with E-state index in [4.69, 9.17) is 4.74 Å². The van der Waals surface area contributed by atoms with Gasteiger partial charge in [-0.3, -0.25) is 9.59 Å². The van der Waals surface area contributed by atoms with E-state index >= 15 is 0 Å². The molecule has 0 spiro atoms. The zero-order valence-electron chi connectivity index (χ0n) is 16.9. The summed E-state index contributed by atoms with van der Waals surface area (Å²) in [6, 6.07) is 15.1. The lowest BCUT2D eigenvalue weighted by atomic mass is 9.95. The predicted molar refractivity (Wildman–Crippen MR) is 116 cm³/mol. The van der Waals surface area contributed by atoms with Crippen molar-refractivity contribution in [2.75, 3.05) is 23.8 Å². The van der Waals surface area contributed by atoms with Crippen LogP contribution in [0.15, 0.2) is 48.5 Å². The van der Waals surface area contributed by atoms with Gasteiger partial charge in [-0.25, -0.2) is 0 Å². The highest BCUT2D eigenvalue weighted by Gasteiger charge is 2.13. The highest BCUT2D eigenvalue weighted by molar-refractivity contribution is 5.99. The molecule has 1 saturated carbocycles. The van der Waals surface area contributed by atoms with Gasteiger partial charge < -0.3 is 20.7 Å². The number of benzene rings is 2. The molecule has 3 rings (SSSR count). The molecule has 1 fully saturated rings. The van der Waals surface area contributed by atoms with Gasteiger partial charge in [0, 0.05) is 23.0 Å². The van der Waals surface area contributed by atoms with Crippen LogP contribution in [-0.4, -0.2) is 31.0 Å². The summed E-state index contributed by atoms with van der Waals surface area (Å²) in [5.74, 6) is 0.149. The van der Waals surface area contributed by atoms with Crippen molar-refractivity contribution in [2.24, 2.45) is 0 Å². The van der Waals surface area contributed by atoms with E-state index in [9.17, 15) is 9.59 Å². The second kappa shape index (κ2) is 10.5. The molecule has 2 aromatic rings. The molecule has 0 aromatic heterocycles. The number of ether oxygens (including phenoxy) is 1. The van der Waals surface area contributed by atoms with E-state index in [1.54, 1.807) is 24.3 Å². The van der Waals surface area contributed by atoms with Gasteiger partial charge in [0.05, 0.1) is 13.2 Å². The Morgan fingerprint density at radius 1 is 0.931 bits per heavy atom. The first kappa shape index (κ1) is 20.7. The van der Waals surface area contributed by atoms with Crippen LogP contribution in [0.5, 0.6) is 5.75 Å². The molecule has 1 aliphatic rings. The van der Waals surface area contributed by atoms with Gasteiger partial charge in [0.15, 0.2) is 0 Å². The van der Waals surface area contributed by atoms with Crippen LogP contribution >= 0.6 is 0 Å². The van der Waals surface area contributed by atoms with Crippen molar-refractivity contribution in [3.8, 4) is 5.75 Å². The minimum absolute atomic E-state index is 0.0892. The third-order valence-corrected chi connectivity index (χ3v) is 4.98. The van der Waals surface area contributed by atoms with Crippen molar-refractivity contribution in [1.82, 2.24) is 5.32 Å². The maximum Gasteiger partial charge on any atom is 0.251 e. The summed E-state index contributed by atoms with van der Waals surface area (Å²) in [5, 5.41) is 8.99. The summed E-state index contributed by atoms with van der Waals surface area (Å²) in [4.78, 5) is 24.3. The van der Waals surface area contributed by atoms with E-state index in [-0.39, 0.29) is 18.4 Å². The quantitative estimate of drug-likeness (QED) is 0.626. The molecule has 2 amide bonds. The fraction of sp³-hybridized carbons (Fsp3) is 0.391. The zero-order chi connectivity index (χ0) is 20.5. The minimum atomic E-state index is -0.296. The van der Waals surface area contributed by atoms with Crippen LogP contribution in [0.1, 0.15) is 49.4 Å². The topological polar surface area (TPSA) is 79.5 Å². The first-order valence-corrected chi connectivity index (χ1v) is 10.3. The Morgan fingerprint density at radius 3 is 2.24 bits per heavy atom. The minimum Gasteiger partial charge on any atom is -0.494 e. The van der Waals surface area contributed by atoms with Gasteiger partial charge in [-0.15, -0.1) is 0 Å². The molecule has 6 nitrogen and oxygen atoms in total. The van der Waals surface area contributed by atoms with Crippen LogP contribution in [0.4, 0.5) is 11.4 Å². The highest BCUT2D eigenvalue weighted by Crippen LogP contribution is 2.22. The highest BCUT2D eigenvalue weighted by atomic mass is 16.5. The lowest BCUT2D eigenvalue weighted by Crippen LogP contribution is -2.32. The molecule has 0 unspecified atom stereocenters. The summed E-state index contributed by atoms with van der Waals surface area (Å²) in [5.41, 5.74) is 2.26. The number of carbonyl (C=O) groups is 2. The van der Waals surface area contributed by atoms with Gasteiger partial charge >= 0.3 is 0 Å². The molecule has 0 bridgehead atoms. The Balaban J connectivity index is 1.43. The largest absolute Gasteiger partial charge is 0.494 e. The number of amides is 2. The normalized spacial score (nSPS) is 14.1. The molecule has 6 heteroatoms. The van der Waals surface area contributed by atoms with Gasteiger partial charge in [0.25, 0.3) is 5.91 Å². The van der Waals surface area contributed by atoms with Gasteiger partial charge in [-0.05, 0) is 68.3 Å². The van der Waals surface area contributed by atoms with Crippen LogP contribution in [0.25, 0.3) is 0 Å². The molecule has 154 valence electrons. The molecule has 1 aliphatic carbocycles. The summed E-state index contributed by atoms with van der Waals surface area (Å²) < 4.78 is 5.36. The Morgan fingerprint density at radius 2 is 1.59 bits per heavy atom. The van der Waals surface area contributed by atoms with E-state index in [1.807, 2.05) is 31.2 Å². The Bertz CT molecular complexity index is 797. The zero-order valence-corrected chi connectivity index (χ0v) is 16.9. The lowest BCUT2D eigenvalue weighted by Gasteiger charge is -2.23. The van der Waals surface area contributed by atoms with Crippen molar-refractivity contribution < 1.29 is 14.3 Å². The number of hydrogen-bond donors (Lipinski definition) is 3. The standard InChI is InChI=1S/C23H29N3O3/c1-2-29-21-14-8-17(9-15-21)23(28)24-16-22(27)26-20-12-10-19(11-13-20)25-18-6-4-3-5-7-18/h8-15,18,25H,2-7,16H2,1H3,(H,24,28)(H,26,27). The van der Waals surface area contributed by atoms with Gasteiger partial charge in [0.2, 0.25) is 5.91 Å². The number of anilines is 2. The SMILES string of the molecule is CCOc1ccc(C(=O)NCC(=O)Nc2ccc(NC3CCCCC3)cc2)cc1. The Labute approximate surface area is 172 Å². The monoisotopic (exact) mass is 395 g/mol. The Kier molecular flexibility index (Phi) is 7.50. The molecule has 0 saturated heterocycles. The van der Waals surface area contributed by atoms with E-state index in [2.05, 4.69) is 16.0 Å². The molecular formula is C23H29N3O3. The van der Waals surface area contributed by atoms with Crippen LogP contribution in [-0.2, 0) is 4.79 Å². The average molecular weight is 396 g/mol. The van der Waals surface area contributed by atoms with Crippen molar-refractivity contribution in [3.63, 3.8) is 0 Å². The van der Waals surface area contributed by atoms with Crippen LogP contribution < -0.4 is 20.7 Å². The van der Waals surface area contributed by atoms with Crippen molar-refractivity contribution in [1.29, 1.82) is 0 Å². The summed E-state index contributed by atoms with van der Waals surface area (Å²) in [7, 11) is 0. The maximum absolute atomic E-state index is 12.2. The molecule has 29 heavy (non-hydrogen) atoms. The van der Waals surface area contributed by atoms with Crippen molar-refractivity contribution in [3.05, 3.63) is 54.1 Å². The predicted octanol–water partition coefficient (Wildman–Crippen LogP) is 4.20. The summed E-state index contributed by atoms with van der Waals surface area (Å²) >= 11 is 0. The molecule has 3 N–H and O–H groups in total. The number of hydrogen-bond acceptors (Lipinski definition) is 4. The van der Waals surface area contributed by atoms with Gasteiger partial charge in [0.1, 0.15) is 5.75 Å². The Hall–Kier alpha value is -3.02. The first-order chi connectivity index (χ1) is 14.1. The van der Waals surface area contributed by atoms with E-state index in [0.29, 0.717) is 29.6 Å². The van der Waals surface area contributed by atoms with E-state index in [0.717, 1.165) is 5.69 Å². The third kappa shape index (κ3) is 6.52. The molecule has 0 atom stereocenters. The fourth-order valence-corrected chi connectivity index (χ4v) is 3.47. The molecule has 0 radical (unpaired) electrons. The summed E-state index contributed by atoms with van der Waals surface area (Å²) in [6.07, 6.45) is 6.33. The fourth-order valence-electron chi connectivity index (χ4n) is 3.47. The average Bonchev–Trinajstić information content (AvgIpc) is 2.75. The summed E-state index contributed by atoms with van der Waals surface area (Å²) in [6.45, 7) is 2.39. The number of rotatable bonds is 8. The number of carbonyl (C=O) groups excluding carboxylic acids is 2. The van der Waals surface area contributed by atoms with Gasteiger partial charge in [-0.1, -0.05) is 19.3 Å². The second-order valence-electron chi connectivity index (χ2n) is 7.24. The van der Waals surface area contributed by atoms with Gasteiger partial charge in [-0.2, -0.15) is 0 Å². The first-order valence-electron chi connectivity index (χ1n) is 10.3. The van der Waals surface area contributed by atoms with Crippen LogP contribution in [0.3, 0.4) is 0 Å². The van der Waals surface area contributed by atoms with Crippen molar-refractivity contribution in [2.45, 2.75) is 45.1 Å². The second-order valence-corrected chi connectivity index (χ2v) is 7.24. The molecule has 2 aromatic carbocycles. The van der Waals surface area contributed by atoms with Crippen molar-refractivity contribution >= 4 is 23.2 Å². The van der Waals surface area contributed by atoms with Crippen LogP contribution in [0.2, 0.25) is 0 Å². The molecular weight excluding hydrogens is 366 g/mol.